The number of amides is 3. The molecule has 0 bridgehead atoms. The maximum absolute atomic E-state index is 13.7. The number of hydrogen-bond acceptors (Lipinski definition) is 5. The SMILES string of the molecule is CCC(C)C(NC(=O)C(Cc1c[nH]c2ccccc12)NC(=O)C(N)Cc1ccccc1)C(=O)NC(C(=O)O)C(C)C. The van der Waals surface area contributed by atoms with Crippen LogP contribution < -0.4 is 21.7 Å². The summed E-state index contributed by atoms with van der Waals surface area (Å²) in [6.07, 6.45) is 2.79. The van der Waals surface area contributed by atoms with Crippen LogP contribution in [0.2, 0.25) is 0 Å². The predicted octanol–water partition coefficient (Wildman–Crippen LogP) is 2.52. The molecular formula is C31H41N5O5. The molecule has 0 saturated carbocycles. The van der Waals surface area contributed by atoms with Crippen LogP contribution in [-0.4, -0.2) is 57.9 Å². The van der Waals surface area contributed by atoms with Crippen LogP contribution in [0.25, 0.3) is 10.9 Å². The Balaban J connectivity index is 1.85. The number of carboxylic acids is 1. The van der Waals surface area contributed by atoms with E-state index in [4.69, 9.17) is 5.73 Å². The highest BCUT2D eigenvalue weighted by Gasteiger charge is 2.34. The van der Waals surface area contributed by atoms with Crippen molar-refractivity contribution in [3.05, 3.63) is 71.9 Å². The lowest BCUT2D eigenvalue weighted by atomic mass is 9.95. The maximum Gasteiger partial charge on any atom is 0.326 e. The van der Waals surface area contributed by atoms with Gasteiger partial charge in [0.25, 0.3) is 0 Å². The van der Waals surface area contributed by atoms with Gasteiger partial charge in [-0.3, -0.25) is 14.4 Å². The molecule has 10 nitrogen and oxygen atoms in total. The second-order valence-electron chi connectivity index (χ2n) is 10.9. The van der Waals surface area contributed by atoms with Crippen molar-refractivity contribution in [1.29, 1.82) is 0 Å². The lowest BCUT2D eigenvalue weighted by molar-refractivity contribution is -0.144. The molecule has 2 aromatic carbocycles. The number of aromatic amines is 1. The molecule has 10 heteroatoms. The quantitative estimate of drug-likeness (QED) is 0.176. The molecule has 5 atom stereocenters. The lowest BCUT2D eigenvalue weighted by Crippen LogP contribution is -2.59. The van der Waals surface area contributed by atoms with Gasteiger partial charge >= 0.3 is 5.97 Å². The minimum atomic E-state index is -1.15. The lowest BCUT2D eigenvalue weighted by Gasteiger charge is -2.29. The highest BCUT2D eigenvalue weighted by atomic mass is 16.4. The van der Waals surface area contributed by atoms with Crippen LogP contribution in [0.4, 0.5) is 0 Å². The van der Waals surface area contributed by atoms with Gasteiger partial charge in [0.05, 0.1) is 6.04 Å². The fourth-order valence-electron chi connectivity index (χ4n) is 4.68. The second kappa shape index (κ2) is 14.5. The van der Waals surface area contributed by atoms with Gasteiger partial charge in [-0.05, 0) is 35.4 Å². The van der Waals surface area contributed by atoms with Crippen LogP contribution in [0.5, 0.6) is 0 Å². The second-order valence-corrected chi connectivity index (χ2v) is 10.9. The number of hydrogen-bond donors (Lipinski definition) is 6. The molecule has 0 aliphatic carbocycles. The molecule has 3 rings (SSSR count). The zero-order chi connectivity index (χ0) is 30.1. The number of para-hydroxylation sites is 1. The first-order valence-electron chi connectivity index (χ1n) is 14.0. The monoisotopic (exact) mass is 563 g/mol. The van der Waals surface area contributed by atoms with Crippen molar-refractivity contribution in [3.8, 4) is 0 Å². The van der Waals surface area contributed by atoms with E-state index in [9.17, 15) is 24.3 Å². The topological polar surface area (TPSA) is 166 Å². The normalized spacial score (nSPS) is 15.0. The largest absolute Gasteiger partial charge is 0.480 e. The number of nitrogens with one attached hydrogen (secondary N) is 4. The molecule has 1 heterocycles. The third-order valence-electron chi connectivity index (χ3n) is 7.39. The average molecular weight is 564 g/mol. The molecular weight excluding hydrogens is 522 g/mol. The fraction of sp³-hybridized carbons (Fsp3) is 0.419. The van der Waals surface area contributed by atoms with Crippen molar-refractivity contribution in [2.75, 3.05) is 0 Å². The molecule has 5 unspecified atom stereocenters. The zero-order valence-electron chi connectivity index (χ0n) is 24.0. The fourth-order valence-corrected chi connectivity index (χ4v) is 4.68. The number of aliphatic carboxylic acids is 1. The number of carbonyl (C=O) groups is 4. The van der Waals surface area contributed by atoms with Crippen molar-refractivity contribution in [2.24, 2.45) is 17.6 Å². The van der Waals surface area contributed by atoms with Crippen LogP contribution in [0.1, 0.15) is 45.2 Å². The Morgan fingerprint density at radius 3 is 2.10 bits per heavy atom. The van der Waals surface area contributed by atoms with Crippen LogP contribution in [0.15, 0.2) is 60.8 Å². The van der Waals surface area contributed by atoms with Gasteiger partial charge in [-0.15, -0.1) is 0 Å². The Morgan fingerprint density at radius 2 is 1.46 bits per heavy atom. The van der Waals surface area contributed by atoms with E-state index in [0.717, 1.165) is 22.0 Å². The number of H-pyrrole nitrogens is 1. The molecule has 3 aromatic rings. The number of nitrogens with two attached hydrogens (primary N) is 1. The van der Waals surface area contributed by atoms with Crippen molar-refractivity contribution < 1.29 is 24.3 Å². The number of fused-ring (bicyclic) bond motifs is 1. The summed E-state index contributed by atoms with van der Waals surface area (Å²) in [4.78, 5) is 55.1. The summed E-state index contributed by atoms with van der Waals surface area (Å²) in [7, 11) is 0. The van der Waals surface area contributed by atoms with Crippen LogP contribution in [-0.2, 0) is 32.0 Å². The van der Waals surface area contributed by atoms with Crippen LogP contribution >= 0.6 is 0 Å². The molecule has 0 aliphatic rings. The van der Waals surface area contributed by atoms with E-state index in [0.29, 0.717) is 6.42 Å². The van der Waals surface area contributed by atoms with Crippen LogP contribution in [0, 0.1) is 11.8 Å². The Kier molecular flexibility index (Phi) is 11.0. The zero-order valence-corrected chi connectivity index (χ0v) is 24.0. The molecule has 0 aliphatic heterocycles. The molecule has 3 amide bonds. The van der Waals surface area contributed by atoms with Gasteiger partial charge in [0.1, 0.15) is 18.1 Å². The minimum Gasteiger partial charge on any atom is -0.480 e. The van der Waals surface area contributed by atoms with E-state index in [1.807, 2.05) is 61.5 Å². The summed E-state index contributed by atoms with van der Waals surface area (Å²) < 4.78 is 0. The van der Waals surface area contributed by atoms with E-state index < -0.39 is 47.9 Å². The molecule has 0 fully saturated rings. The van der Waals surface area contributed by atoms with Gasteiger partial charge in [0, 0.05) is 23.5 Å². The standard InChI is InChI=1S/C31H41N5O5/c1-5-19(4)27(30(39)35-26(18(2)3)31(40)41)36-29(38)25(16-21-17-33-24-14-10-9-13-22(21)24)34-28(37)23(32)15-20-11-7-6-8-12-20/h6-14,17-19,23,25-27,33H,5,15-16,32H2,1-4H3,(H,34,37)(H,35,39)(H,36,38)(H,40,41). The summed E-state index contributed by atoms with van der Waals surface area (Å²) in [5.41, 5.74) is 8.81. The Bertz CT molecular complexity index is 1340. The Hall–Kier alpha value is -4.18. The summed E-state index contributed by atoms with van der Waals surface area (Å²) in [5.74, 6) is -3.46. The first-order chi connectivity index (χ1) is 19.5. The number of rotatable bonds is 14. The van der Waals surface area contributed by atoms with E-state index in [1.54, 1.807) is 27.0 Å². The smallest absolute Gasteiger partial charge is 0.326 e. The van der Waals surface area contributed by atoms with Crippen molar-refractivity contribution >= 4 is 34.6 Å². The van der Waals surface area contributed by atoms with Crippen LogP contribution in [0.3, 0.4) is 0 Å². The summed E-state index contributed by atoms with van der Waals surface area (Å²) in [6, 6.07) is 12.9. The molecule has 41 heavy (non-hydrogen) atoms. The summed E-state index contributed by atoms with van der Waals surface area (Å²) in [6.45, 7) is 7.07. The number of carbonyl (C=O) groups excluding carboxylic acids is 3. The van der Waals surface area contributed by atoms with Gasteiger partial charge < -0.3 is 31.8 Å². The van der Waals surface area contributed by atoms with Gasteiger partial charge in [0.2, 0.25) is 17.7 Å². The third kappa shape index (κ3) is 8.40. The number of benzene rings is 2. The van der Waals surface area contributed by atoms with Crippen molar-refractivity contribution in [3.63, 3.8) is 0 Å². The highest BCUT2D eigenvalue weighted by molar-refractivity contribution is 5.95. The van der Waals surface area contributed by atoms with Crippen molar-refractivity contribution in [2.45, 2.75) is 71.1 Å². The molecule has 0 spiro atoms. The predicted molar refractivity (Wildman–Crippen MR) is 158 cm³/mol. The molecule has 1 aromatic heterocycles. The molecule has 0 radical (unpaired) electrons. The first-order valence-corrected chi connectivity index (χ1v) is 14.0. The van der Waals surface area contributed by atoms with Crippen molar-refractivity contribution in [1.82, 2.24) is 20.9 Å². The Labute approximate surface area is 240 Å². The molecule has 0 saturated heterocycles. The molecule has 7 N–H and O–H groups in total. The summed E-state index contributed by atoms with van der Waals surface area (Å²) in [5, 5.41) is 18.6. The van der Waals surface area contributed by atoms with Gasteiger partial charge in [0.15, 0.2) is 0 Å². The summed E-state index contributed by atoms with van der Waals surface area (Å²) >= 11 is 0. The van der Waals surface area contributed by atoms with E-state index >= 15 is 0 Å². The number of carboxylic acid groups (broad SMARTS) is 1. The maximum atomic E-state index is 13.7. The van der Waals surface area contributed by atoms with Gasteiger partial charge in [-0.2, -0.15) is 0 Å². The molecule has 220 valence electrons. The average Bonchev–Trinajstić information content (AvgIpc) is 3.36. The van der Waals surface area contributed by atoms with E-state index in [-0.39, 0.29) is 24.7 Å². The van der Waals surface area contributed by atoms with Gasteiger partial charge in [-0.25, -0.2) is 4.79 Å². The van der Waals surface area contributed by atoms with E-state index in [1.165, 1.54) is 0 Å². The first kappa shape index (κ1) is 31.3. The van der Waals surface area contributed by atoms with Gasteiger partial charge in [-0.1, -0.05) is 82.6 Å². The minimum absolute atomic E-state index is 0.151. The third-order valence-corrected chi connectivity index (χ3v) is 7.39. The van der Waals surface area contributed by atoms with E-state index in [2.05, 4.69) is 20.9 Å². The number of aromatic nitrogens is 1. The Morgan fingerprint density at radius 1 is 0.829 bits per heavy atom. The highest BCUT2D eigenvalue weighted by Crippen LogP contribution is 2.20.